The van der Waals surface area contributed by atoms with Crippen LogP contribution in [0.3, 0.4) is 0 Å². The number of halogens is 2. The van der Waals surface area contributed by atoms with Gasteiger partial charge in [0.25, 0.3) is 0 Å². The molecule has 1 rings (SSSR count). The molecular formula is C12H11Br2NO2. The number of nitriles is 1. The number of esters is 1. The molecule has 1 aromatic carbocycles. The molecule has 0 saturated carbocycles. The van der Waals surface area contributed by atoms with Crippen molar-refractivity contribution >= 4 is 37.8 Å². The number of hydrogen-bond acceptors (Lipinski definition) is 3. The first-order valence-corrected chi connectivity index (χ1v) is 6.96. The van der Waals surface area contributed by atoms with Gasteiger partial charge in [-0.05, 0) is 30.2 Å². The standard InChI is InChI=1S/C12H11Br2NO2/c1-2-17-12(16)5-11-8(6-13)3-10(14)4-9(11)7-15/h3-4H,2,5-6H2,1H3. The highest BCUT2D eigenvalue weighted by Crippen LogP contribution is 2.24. The number of hydrogen-bond donors (Lipinski definition) is 0. The lowest BCUT2D eigenvalue weighted by atomic mass is 10.00. The molecule has 0 aliphatic heterocycles. The van der Waals surface area contributed by atoms with Crippen molar-refractivity contribution in [2.75, 3.05) is 6.61 Å². The van der Waals surface area contributed by atoms with Crippen LogP contribution in [0.4, 0.5) is 0 Å². The minimum absolute atomic E-state index is 0.130. The lowest BCUT2D eigenvalue weighted by Gasteiger charge is -2.10. The number of carbonyl (C=O) groups is 1. The fourth-order valence-electron chi connectivity index (χ4n) is 1.48. The van der Waals surface area contributed by atoms with Crippen LogP contribution in [0.2, 0.25) is 0 Å². The fraction of sp³-hybridized carbons (Fsp3) is 0.333. The molecule has 3 nitrogen and oxygen atoms in total. The summed E-state index contributed by atoms with van der Waals surface area (Å²) in [5.41, 5.74) is 2.15. The maximum atomic E-state index is 11.5. The Morgan fingerprint density at radius 1 is 1.53 bits per heavy atom. The third-order valence-electron chi connectivity index (χ3n) is 2.20. The zero-order valence-corrected chi connectivity index (χ0v) is 12.5. The van der Waals surface area contributed by atoms with Crippen LogP contribution in [0, 0.1) is 11.3 Å². The molecule has 90 valence electrons. The summed E-state index contributed by atoms with van der Waals surface area (Å²) in [6.07, 6.45) is 0.130. The largest absolute Gasteiger partial charge is 0.466 e. The van der Waals surface area contributed by atoms with Gasteiger partial charge in [-0.2, -0.15) is 5.26 Å². The van der Waals surface area contributed by atoms with Gasteiger partial charge in [-0.15, -0.1) is 0 Å². The molecule has 0 saturated heterocycles. The van der Waals surface area contributed by atoms with Gasteiger partial charge in [0, 0.05) is 9.80 Å². The predicted molar refractivity (Wildman–Crippen MR) is 71.8 cm³/mol. The van der Waals surface area contributed by atoms with Crippen LogP contribution in [0.1, 0.15) is 23.6 Å². The van der Waals surface area contributed by atoms with E-state index in [1.807, 2.05) is 6.07 Å². The molecule has 0 aliphatic rings. The molecule has 0 heterocycles. The van der Waals surface area contributed by atoms with Crippen molar-refractivity contribution < 1.29 is 9.53 Å². The van der Waals surface area contributed by atoms with Crippen molar-refractivity contribution in [1.29, 1.82) is 5.26 Å². The molecule has 0 N–H and O–H groups in total. The Morgan fingerprint density at radius 3 is 2.76 bits per heavy atom. The third kappa shape index (κ3) is 3.83. The zero-order chi connectivity index (χ0) is 12.8. The molecule has 1 aromatic rings. The van der Waals surface area contributed by atoms with Gasteiger partial charge in [-0.1, -0.05) is 31.9 Å². The van der Waals surface area contributed by atoms with E-state index >= 15 is 0 Å². The van der Waals surface area contributed by atoms with Crippen LogP contribution in [0.25, 0.3) is 0 Å². The summed E-state index contributed by atoms with van der Waals surface area (Å²) in [6.45, 7) is 2.11. The van der Waals surface area contributed by atoms with Crippen LogP contribution in [0.5, 0.6) is 0 Å². The van der Waals surface area contributed by atoms with E-state index < -0.39 is 0 Å². The van der Waals surface area contributed by atoms with Gasteiger partial charge >= 0.3 is 5.97 Å². The number of benzene rings is 1. The number of carbonyl (C=O) groups excluding carboxylic acids is 1. The quantitative estimate of drug-likeness (QED) is 0.611. The monoisotopic (exact) mass is 359 g/mol. The first kappa shape index (κ1) is 14.2. The van der Waals surface area contributed by atoms with Gasteiger partial charge in [-0.3, -0.25) is 4.79 Å². The number of alkyl halides is 1. The van der Waals surface area contributed by atoms with Crippen molar-refractivity contribution in [3.63, 3.8) is 0 Å². The molecule has 17 heavy (non-hydrogen) atoms. The Bertz CT molecular complexity index is 466. The van der Waals surface area contributed by atoms with E-state index in [0.717, 1.165) is 15.6 Å². The maximum Gasteiger partial charge on any atom is 0.310 e. The summed E-state index contributed by atoms with van der Waals surface area (Å²) in [4.78, 5) is 11.5. The molecule has 0 fully saturated rings. The summed E-state index contributed by atoms with van der Waals surface area (Å²) in [6, 6.07) is 5.70. The van der Waals surface area contributed by atoms with Crippen LogP contribution in [0.15, 0.2) is 16.6 Å². The summed E-state index contributed by atoms with van der Waals surface area (Å²) in [5, 5.41) is 9.66. The second-order valence-electron chi connectivity index (χ2n) is 3.32. The molecule has 0 bridgehead atoms. The van der Waals surface area contributed by atoms with Gasteiger partial charge in [0.05, 0.1) is 24.7 Å². The molecule has 5 heteroatoms. The highest BCUT2D eigenvalue weighted by atomic mass is 79.9. The Morgan fingerprint density at radius 2 is 2.24 bits per heavy atom. The Hall–Kier alpha value is -0.860. The van der Waals surface area contributed by atoms with Gasteiger partial charge in [-0.25, -0.2) is 0 Å². The van der Waals surface area contributed by atoms with Gasteiger partial charge in [0.15, 0.2) is 0 Å². The van der Waals surface area contributed by atoms with E-state index in [1.54, 1.807) is 13.0 Å². The molecule has 0 amide bonds. The average molecular weight is 361 g/mol. The number of ether oxygens (including phenoxy) is 1. The highest BCUT2D eigenvalue weighted by molar-refractivity contribution is 9.10. The summed E-state index contributed by atoms with van der Waals surface area (Å²) in [7, 11) is 0. The minimum Gasteiger partial charge on any atom is -0.466 e. The zero-order valence-electron chi connectivity index (χ0n) is 9.30. The highest BCUT2D eigenvalue weighted by Gasteiger charge is 2.14. The summed E-state index contributed by atoms with van der Waals surface area (Å²) in [5.74, 6) is -0.312. The lowest BCUT2D eigenvalue weighted by Crippen LogP contribution is -2.10. The SMILES string of the molecule is CCOC(=O)Cc1c(C#N)cc(Br)cc1CBr. The van der Waals surface area contributed by atoms with E-state index in [1.165, 1.54) is 0 Å². The van der Waals surface area contributed by atoms with E-state index in [-0.39, 0.29) is 12.4 Å². The summed E-state index contributed by atoms with van der Waals surface area (Å²) >= 11 is 6.69. The van der Waals surface area contributed by atoms with Crippen molar-refractivity contribution in [1.82, 2.24) is 0 Å². The van der Waals surface area contributed by atoms with Crippen LogP contribution < -0.4 is 0 Å². The van der Waals surface area contributed by atoms with Crippen LogP contribution in [-0.4, -0.2) is 12.6 Å². The van der Waals surface area contributed by atoms with Crippen LogP contribution in [-0.2, 0) is 21.3 Å². The van der Waals surface area contributed by atoms with E-state index in [0.29, 0.717) is 17.5 Å². The van der Waals surface area contributed by atoms with Crippen molar-refractivity contribution in [2.24, 2.45) is 0 Å². The molecule has 0 atom stereocenters. The van der Waals surface area contributed by atoms with Gasteiger partial charge in [0.1, 0.15) is 0 Å². The van der Waals surface area contributed by atoms with Gasteiger partial charge in [0.2, 0.25) is 0 Å². The first-order valence-electron chi connectivity index (χ1n) is 5.05. The van der Waals surface area contributed by atoms with Crippen molar-refractivity contribution in [3.8, 4) is 6.07 Å². The summed E-state index contributed by atoms with van der Waals surface area (Å²) < 4.78 is 5.73. The molecule has 0 aromatic heterocycles. The second kappa shape index (κ2) is 6.77. The minimum atomic E-state index is -0.312. The third-order valence-corrected chi connectivity index (χ3v) is 3.26. The Balaban J connectivity index is 3.12. The fourth-order valence-corrected chi connectivity index (χ4v) is 2.48. The number of rotatable bonds is 4. The van der Waals surface area contributed by atoms with Crippen molar-refractivity contribution in [3.05, 3.63) is 33.3 Å². The molecule has 0 aliphatic carbocycles. The van der Waals surface area contributed by atoms with E-state index in [4.69, 9.17) is 10.00 Å². The predicted octanol–water partition coefficient (Wildman–Crippen LogP) is 3.32. The normalized spacial score (nSPS) is 9.76. The number of nitrogens with zero attached hydrogens (tertiary/aromatic N) is 1. The van der Waals surface area contributed by atoms with E-state index in [2.05, 4.69) is 37.9 Å². The molecule has 0 unspecified atom stereocenters. The molecule has 0 spiro atoms. The van der Waals surface area contributed by atoms with Crippen molar-refractivity contribution in [2.45, 2.75) is 18.7 Å². The average Bonchev–Trinajstić information content (AvgIpc) is 2.31. The molecular weight excluding hydrogens is 350 g/mol. The Kier molecular flexibility index (Phi) is 5.66. The molecule has 0 radical (unpaired) electrons. The second-order valence-corrected chi connectivity index (χ2v) is 4.79. The first-order chi connectivity index (χ1) is 8.12. The topological polar surface area (TPSA) is 50.1 Å². The van der Waals surface area contributed by atoms with E-state index in [9.17, 15) is 4.79 Å². The maximum absolute atomic E-state index is 11.5. The van der Waals surface area contributed by atoms with Gasteiger partial charge < -0.3 is 4.74 Å². The smallest absolute Gasteiger partial charge is 0.310 e. The van der Waals surface area contributed by atoms with Crippen LogP contribution >= 0.6 is 31.9 Å². The lowest BCUT2D eigenvalue weighted by molar-refractivity contribution is -0.142. The Labute approximate surface area is 117 Å².